The molecule has 7 nitrogen and oxygen atoms in total. The minimum atomic E-state index is -3.93. The zero-order valence-electron chi connectivity index (χ0n) is 10.8. The summed E-state index contributed by atoms with van der Waals surface area (Å²) in [6.07, 6.45) is -1.02. The Kier molecular flexibility index (Phi) is 5.13. The number of ether oxygens (including phenoxy) is 1. The van der Waals surface area contributed by atoms with E-state index in [4.69, 9.17) is 5.73 Å². The summed E-state index contributed by atoms with van der Waals surface area (Å²) in [5.41, 5.74) is 6.91. The Hall–Kier alpha value is -1.80. The van der Waals surface area contributed by atoms with Gasteiger partial charge in [0.25, 0.3) is 0 Å². The zero-order valence-corrected chi connectivity index (χ0v) is 11.6. The van der Waals surface area contributed by atoms with Gasteiger partial charge >= 0.3 is 16.3 Å². The van der Waals surface area contributed by atoms with E-state index < -0.39 is 16.3 Å². The highest BCUT2D eigenvalue weighted by Crippen LogP contribution is 2.11. The van der Waals surface area contributed by atoms with E-state index in [1.165, 1.54) is 0 Å². The molecule has 0 unspecified atom stereocenters. The highest BCUT2D eigenvalue weighted by molar-refractivity contribution is 7.87. The molecular formula is C11H17N3O4S. The van der Waals surface area contributed by atoms with Crippen molar-refractivity contribution in [2.75, 3.05) is 19.4 Å². The lowest BCUT2D eigenvalue weighted by Gasteiger charge is -2.20. The number of nitrogens with two attached hydrogens (primary N) is 1. The van der Waals surface area contributed by atoms with E-state index in [0.29, 0.717) is 5.69 Å². The molecule has 1 aromatic carbocycles. The van der Waals surface area contributed by atoms with Gasteiger partial charge in [-0.25, -0.2) is 9.52 Å². The second kappa shape index (κ2) is 6.39. The third kappa shape index (κ3) is 4.42. The minimum absolute atomic E-state index is 0.119. The number of carbonyl (C=O) groups excluding carboxylic acids is 1. The van der Waals surface area contributed by atoms with Crippen LogP contribution >= 0.6 is 0 Å². The maximum atomic E-state index is 11.9. The summed E-state index contributed by atoms with van der Waals surface area (Å²) in [7, 11) is -2.83. The molecule has 0 bridgehead atoms. The molecule has 0 radical (unpaired) electrons. The van der Waals surface area contributed by atoms with Gasteiger partial charge in [-0.1, -0.05) is 19.1 Å². The van der Waals surface area contributed by atoms with E-state index in [9.17, 15) is 13.2 Å². The molecule has 0 aliphatic heterocycles. The number of rotatable bonds is 5. The lowest BCUT2D eigenvalue weighted by molar-refractivity contribution is 0.177. The highest BCUT2D eigenvalue weighted by Gasteiger charge is 2.23. The fraction of sp³-hybridized carbons (Fsp3) is 0.364. The Labute approximate surface area is 112 Å². The highest BCUT2D eigenvalue weighted by atomic mass is 32.2. The van der Waals surface area contributed by atoms with Crippen LogP contribution in [0.5, 0.6) is 0 Å². The van der Waals surface area contributed by atoms with Crippen LogP contribution in [-0.2, 0) is 21.5 Å². The van der Waals surface area contributed by atoms with Crippen LogP contribution in [0.2, 0.25) is 0 Å². The smallest absolute Gasteiger partial charge is 0.421 e. The first kappa shape index (κ1) is 15.3. The van der Waals surface area contributed by atoms with Gasteiger partial charge < -0.3 is 10.5 Å². The molecule has 0 saturated carbocycles. The summed E-state index contributed by atoms with van der Waals surface area (Å²) >= 11 is 0. The molecule has 19 heavy (non-hydrogen) atoms. The van der Waals surface area contributed by atoms with Gasteiger partial charge in [0.2, 0.25) is 0 Å². The largest absolute Gasteiger partial charge is 0.452 e. The van der Waals surface area contributed by atoms with Crippen molar-refractivity contribution in [3.63, 3.8) is 0 Å². The second-order valence-electron chi connectivity index (χ2n) is 3.77. The molecule has 0 saturated heterocycles. The van der Waals surface area contributed by atoms with Crippen molar-refractivity contribution in [2.24, 2.45) is 0 Å². The van der Waals surface area contributed by atoms with E-state index in [1.54, 1.807) is 35.9 Å². The van der Waals surface area contributed by atoms with Gasteiger partial charge in [-0.05, 0) is 17.7 Å². The minimum Gasteiger partial charge on any atom is -0.452 e. The van der Waals surface area contributed by atoms with E-state index >= 15 is 0 Å². The van der Waals surface area contributed by atoms with E-state index in [0.717, 1.165) is 17.0 Å². The molecule has 1 amide bonds. The maximum absolute atomic E-state index is 11.9. The fourth-order valence-corrected chi connectivity index (χ4v) is 2.56. The molecule has 0 atom stereocenters. The Morgan fingerprint density at radius 1 is 1.47 bits per heavy atom. The number of nitrogen functional groups attached to an aromatic ring is 1. The fourth-order valence-electron chi connectivity index (χ4n) is 1.47. The molecule has 0 aliphatic carbocycles. The van der Waals surface area contributed by atoms with Gasteiger partial charge in [0.15, 0.2) is 0 Å². The van der Waals surface area contributed by atoms with Crippen LogP contribution in [0.25, 0.3) is 0 Å². The van der Waals surface area contributed by atoms with E-state index in [2.05, 4.69) is 4.74 Å². The van der Waals surface area contributed by atoms with Crippen molar-refractivity contribution in [3.8, 4) is 0 Å². The van der Waals surface area contributed by atoms with Crippen molar-refractivity contribution in [3.05, 3.63) is 29.8 Å². The van der Waals surface area contributed by atoms with E-state index in [-0.39, 0.29) is 13.1 Å². The van der Waals surface area contributed by atoms with Gasteiger partial charge in [-0.3, -0.25) is 0 Å². The maximum Gasteiger partial charge on any atom is 0.421 e. The molecule has 1 rings (SSSR count). The second-order valence-corrected chi connectivity index (χ2v) is 5.44. The quantitative estimate of drug-likeness (QED) is 0.776. The van der Waals surface area contributed by atoms with Crippen LogP contribution in [0.4, 0.5) is 10.5 Å². The van der Waals surface area contributed by atoms with Crippen molar-refractivity contribution >= 4 is 22.0 Å². The topological polar surface area (TPSA) is 102 Å². The Morgan fingerprint density at radius 3 is 2.68 bits per heavy atom. The summed E-state index contributed by atoms with van der Waals surface area (Å²) < 4.78 is 31.0. The van der Waals surface area contributed by atoms with Gasteiger partial charge in [-0.15, -0.1) is 0 Å². The number of carbonyl (C=O) groups is 1. The van der Waals surface area contributed by atoms with Crippen LogP contribution in [0.1, 0.15) is 12.5 Å². The first-order chi connectivity index (χ1) is 8.89. The molecule has 0 spiro atoms. The number of methoxy groups -OCH3 is 1. The number of amides is 1. The van der Waals surface area contributed by atoms with Gasteiger partial charge in [0.05, 0.1) is 7.11 Å². The Bertz CT molecular complexity index is 545. The monoisotopic (exact) mass is 287 g/mol. The Morgan fingerprint density at radius 2 is 2.16 bits per heavy atom. The average Bonchev–Trinajstić information content (AvgIpc) is 2.35. The van der Waals surface area contributed by atoms with Gasteiger partial charge in [0, 0.05) is 18.8 Å². The van der Waals surface area contributed by atoms with Crippen LogP contribution in [-0.4, -0.2) is 32.5 Å². The van der Waals surface area contributed by atoms with Crippen molar-refractivity contribution in [2.45, 2.75) is 13.5 Å². The molecule has 3 N–H and O–H groups in total. The number of nitrogens with one attached hydrogen (secondary N) is 1. The third-order valence-corrected chi connectivity index (χ3v) is 3.89. The zero-order chi connectivity index (χ0) is 14.5. The lowest BCUT2D eigenvalue weighted by Crippen LogP contribution is -2.43. The number of nitrogens with zero attached hydrogens (tertiary/aromatic N) is 1. The number of anilines is 1. The number of benzene rings is 1. The van der Waals surface area contributed by atoms with Crippen molar-refractivity contribution in [1.82, 2.24) is 9.03 Å². The molecule has 1 aromatic rings. The molecule has 0 aromatic heterocycles. The molecule has 106 valence electrons. The van der Waals surface area contributed by atoms with Gasteiger partial charge in [-0.2, -0.15) is 12.7 Å². The van der Waals surface area contributed by atoms with Crippen LogP contribution in [0.15, 0.2) is 24.3 Å². The molecule has 0 aliphatic rings. The van der Waals surface area contributed by atoms with Crippen LogP contribution < -0.4 is 10.5 Å². The molecular weight excluding hydrogens is 270 g/mol. The predicted octanol–water partition coefficient (Wildman–Crippen LogP) is 0.692. The van der Waals surface area contributed by atoms with E-state index in [1.807, 2.05) is 0 Å². The first-order valence-electron chi connectivity index (χ1n) is 5.59. The van der Waals surface area contributed by atoms with Crippen molar-refractivity contribution in [1.29, 1.82) is 0 Å². The molecule has 8 heteroatoms. The summed E-state index contributed by atoms with van der Waals surface area (Å²) in [6.45, 7) is 2.00. The predicted molar refractivity (Wildman–Crippen MR) is 71.4 cm³/mol. The summed E-state index contributed by atoms with van der Waals surface area (Å²) in [4.78, 5) is 11.0. The first-order valence-corrected chi connectivity index (χ1v) is 7.03. The Balaban J connectivity index is 2.86. The van der Waals surface area contributed by atoms with Crippen LogP contribution in [0, 0.1) is 0 Å². The average molecular weight is 287 g/mol. The summed E-state index contributed by atoms with van der Waals surface area (Å²) in [6, 6.07) is 6.88. The van der Waals surface area contributed by atoms with Crippen molar-refractivity contribution < 1.29 is 17.9 Å². The number of hydrogen-bond donors (Lipinski definition) is 2. The SMILES string of the molecule is CCN(Cc1cccc(N)c1)S(=O)(=O)NC(=O)OC. The lowest BCUT2D eigenvalue weighted by atomic mass is 10.2. The third-order valence-electron chi connectivity index (χ3n) is 2.40. The summed E-state index contributed by atoms with van der Waals surface area (Å²) in [5, 5.41) is 0. The number of hydrogen-bond acceptors (Lipinski definition) is 5. The molecule has 0 fully saturated rings. The summed E-state index contributed by atoms with van der Waals surface area (Å²) in [5.74, 6) is 0. The standard InChI is InChI=1S/C11H17N3O4S/c1-3-14(19(16,17)13-11(15)18-2)8-9-5-4-6-10(12)7-9/h4-7H,3,8,12H2,1-2H3,(H,13,15). The van der Waals surface area contributed by atoms with Crippen LogP contribution in [0.3, 0.4) is 0 Å². The molecule has 0 heterocycles. The van der Waals surface area contributed by atoms with Gasteiger partial charge in [0.1, 0.15) is 0 Å². The normalized spacial score (nSPS) is 11.3.